The lowest BCUT2D eigenvalue weighted by Crippen LogP contribution is -2.25. The van der Waals surface area contributed by atoms with Crippen molar-refractivity contribution in [1.29, 1.82) is 0 Å². The van der Waals surface area contributed by atoms with Crippen LogP contribution in [0.4, 0.5) is 5.82 Å². The van der Waals surface area contributed by atoms with E-state index in [1.54, 1.807) is 7.11 Å². The Morgan fingerprint density at radius 2 is 1.67 bits per heavy atom. The Balaban J connectivity index is 1.51. The van der Waals surface area contributed by atoms with Crippen molar-refractivity contribution in [3.8, 4) is 28.2 Å². The largest absolute Gasteiger partial charge is 0.497 e. The zero-order valence-corrected chi connectivity index (χ0v) is 20.2. The first kappa shape index (κ1) is 24.9. The summed E-state index contributed by atoms with van der Waals surface area (Å²) in [4.78, 5) is 35.5. The average molecular weight is 489 g/mol. The smallest absolute Gasteiger partial charge is 0.392 e. The quantitative estimate of drug-likeness (QED) is 0.165. The molecule has 0 fully saturated rings. The number of furan rings is 1. The summed E-state index contributed by atoms with van der Waals surface area (Å²) in [7, 11) is 1.64. The van der Waals surface area contributed by atoms with Gasteiger partial charge in [0.15, 0.2) is 0 Å². The van der Waals surface area contributed by atoms with E-state index >= 15 is 0 Å². The molecule has 2 heterocycles. The van der Waals surface area contributed by atoms with E-state index in [-0.39, 0.29) is 0 Å². The SMILES string of the molecule is COc1ccc(-c2c(-c3ccccc3)oc3ncnc(NCCCCCNOC(=O)C(C)=O)c23)cc1. The fourth-order valence-corrected chi connectivity index (χ4v) is 3.79. The third-order valence-corrected chi connectivity index (χ3v) is 5.60. The molecule has 2 aromatic carbocycles. The summed E-state index contributed by atoms with van der Waals surface area (Å²) in [6.07, 6.45) is 4.04. The van der Waals surface area contributed by atoms with Crippen molar-refractivity contribution in [2.24, 2.45) is 0 Å². The lowest BCUT2D eigenvalue weighted by molar-refractivity contribution is -0.158. The van der Waals surface area contributed by atoms with E-state index < -0.39 is 11.8 Å². The highest BCUT2D eigenvalue weighted by Crippen LogP contribution is 2.42. The second kappa shape index (κ2) is 11.9. The number of aromatic nitrogens is 2. The number of ketones is 1. The number of methoxy groups -OCH3 is 1. The highest BCUT2D eigenvalue weighted by molar-refractivity contribution is 6.32. The molecule has 9 heteroatoms. The van der Waals surface area contributed by atoms with Crippen LogP contribution in [0.3, 0.4) is 0 Å². The summed E-state index contributed by atoms with van der Waals surface area (Å²) in [5.41, 5.74) is 5.86. The summed E-state index contributed by atoms with van der Waals surface area (Å²) in [6, 6.07) is 17.8. The van der Waals surface area contributed by atoms with Gasteiger partial charge in [0.2, 0.25) is 11.5 Å². The first-order valence-corrected chi connectivity index (χ1v) is 11.7. The molecule has 186 valence electrons. The predicted molar refractivity (Wildman–Crippen MR) is 136 cm³/mol. The van der Waals surface area contributed by atoms with Gasteiger partial charge in [-0.3, -0.25) is 4.79 Å². The van der Waals surface area contributed by atoms with Crippen LogP contribution in [0.5, 0.6) is 5.75 Å². The van der Waals surface area contributed by atoms with Gasteiger partial charge in [0.05, 0.1) is 12.5 Å². The zero-order chi connectivity index (χ0) is 25.3. The van der Waals surface area contributed by atoms with Crippen LogP contribution in [-0.2, 0) is 14.4 Å². The maximum atomic E-state index is 11.1. The molecule has 0 aliphatic rings. The third kappa shape index (κ3) is 5.87. The number of Topliss-reactive ketones (excluding diaryl/α,β-unsaturated/α-hetero) is 1. The van der Waals surface area contributed by atoms with Crippen LogP contribution in [0.25, 0.3) is 33.6 Å². The highest BCUT2D eigenvalue weighted by atomic mass is 16.7. The Morgan fingerprint density at radius 1 is 0.917 bits per heavy atom. The van der Waals surface area contributed by atoms with E-state index in [1.807, 2.05) is 54.6 Å². The summed E-state index contributed by atoms with van der Waals surface area (Å²) in [5, 5.41) is 4.24. The molecule has 0 aliphatic carbocycles. The number of carbonyl (C=O) groups excluding carboxylic acids is 2. The zero-order valence-electron chi connectivity index (χ0n) is 20.2. The van der Waals surface area contributed by atoms with E-state index in [0.29, 0.717) is 24.6 Å². The normalized spacial score (nSPS) is 10.8. The van der Waals surface area contributed by atoms with Crippen LogP contribution < -0.4 is 15.5 Å². The first-order chi connectivity index (χ1) is 17.6. The minimum absolute atomic E-state index is 0.473. The maximum absolute atomic E-state index is 11.1. The van der Waals surface area contributed by atoms with Crippen molar-refractivity contribution in [2.75, 3.05) is 25.5 Å². The highest BCUT2D eigenvalue weighted by Gasteiger charge is 2.22. The second-order valence-corrected chi connectivity index (χ2v) is 8.13. The molecule has 0 amide bonds. The molecule has 4 rings (SSSR count). The standard InChI is InChI=1S/C27H28N4O5/c1-18(32)27(33)36-31-16-8-4-7-15-28-25-23-22(19-11-13-21(34-2)14-12-19)24(20-9-5-3-6-10-20)35-26(23)30-17-29-25/h3,5-6,9-14,17,31H,4,7-8,15-16H2,1-2H3,(H,28,29,30). The predicted octanol–water partition coefficient (Wildman–Crippen LogP) is 4.78. The molecule has 0 unspecified atom stereocenters. The van der Waals surface area contributed by atoms with Gasteiger partial charge in [0.1, 0.15) is 23.7 Å². The Bertz CT molecular complexity index is 1320. The molecule has 0 radical (unpaired) electrons. The molecule has 2 N–H and O–H groups in total. The molecule has 9 nitrogen and oxygen atoms in total. The third-order valence-electron chi connectivity index (χ3n) is 5.60. The number of anilines is 1. The van der Waals surface area contributed by atoms with E-state index in [9.17, 15) is 9.59 Å². The monoisotopic (exact) mass is 488 g/mol. The molecule has 0 saturated carbocycles. The van der Waals surface area contributed by atoms with Gasteiger partial charge in [-0.05, 0) is 30.5 Å². The summed E-state index contributed by atoms with van der Waals surface area (Å²) < 4.78 is 11.6. The number of rotatable bonds is 12. The van der Waals surface area contributed by atoms with Gasteiger partial charge in [0, 0.05) is 31.1 Å². The lowest BCUT2D eigenvalue weighted by atomic mass is 9.99. The maximum Gasteiger partial charge on any atom is 0.392 e. The van der Waals surface area contributed by atoms with Crippen molar-refractivity contribution in [3.63, 3.8) is 0 Å². The van der Waals surface area contributed by atoms with Crippen LogP contribution in [0.1, 0.15) is 26.2 Å². The molecule has 36 heavy (non-hydrogen) atoms. The average Bonchev–Trinajstić information content (AvgIpc) is 3.31. The van der Waals surface area contributed by atoms with Crippen molar-refractivity contribution in [2.45, 2.75) is 26.2 Å². The number of nitrogens with zero attached hydrogens (tertiary/aromatic N) is 2. The molecule has 4 aromatic rings. The fourth-order valence-electron chi connectivity index (χ4n) is 3.79. The number of carbonyl (C=O) groups is 2. The van der Waals surface area contributed by atoms with Crippen molar-refractivity contribution < 1.29 is 23.6 Å². The minimum atomic E-state index is -0.882. The molecule has 2 aromatic heterocycles. The van der Waals surface area contributed by atoms with Crippen molar-refractivity contribution in [3.05, 3.63) is 60.9 Å². The first-order valence-electron chi connectivity index (χ1n) is 11.7. The molecular weight excluding hydrogens is 460 g/mol. The number of nitrogens with one attached hydrogen (secondary N) is 2. The molecule has 0 atom stereocenters. The summed E-state index contributed by atoms with van der Waals surface area (Å²) >= 11 is 0. The van der Waals surface area contributed by atoms with Crippen LogP contribution in [0, 0.1) is 0 Å². The van der Waals surface area contributed by atoms with Gasteiger partial charge in [-0.15, -0.1) is 0 Å². The van der Waals surface area contributed by atoms with Crippen LogP contribution in [0.2, 0.25) is 0 Å². The Morgan fingerprint density at radius 3 is 2.39 bits per heavy atom. The van der Waals surface area contributed by atoms with Crippen LogP contribution >= 0.6 is 0 Å². The summed E-state index contributed by atoms with van der Waals surface area (Å²) in [6.45, 7) is 2.33. The van der Waals surface area contributed by atoms with Gasteiger partial charge in [0.25, 0.3) is 0 Å². The number of ether oxygens (including phenoxy) is 1. The minimum Gasteiger partial charge on any atom is -0.497 e. The molecular formula is C27H28N4O5. The van der Waals surface area contributed by atoms with Gasteiger partial charge in [-0.2, -0.15) is 5.48 Å². The lowest BCUT2D eigenvalue weighted by Gasteiger charge is -2.09. The van der Waals surface area contributed by atoms with Crippen molar-refractivity contribution in [1.82, 2.24) is 15.4 Å². The van der Waals surface area contributed by atoms with E-state index in [4.69, 9.17) is 9.15 Å². The molecule has 0 spiro atoms. The van der Waals surface area contributed by atoms with E-state index in [2.05, 4.69) is 25.6 Å². The van der Waals surface area contributed by atoms with Crippen LogP contribution in [0.15, 0.2) is 65.3 Å². The fraction of sp³-hybridized carbons (Fsp3) is 0.259. The number of hydrogen-bond acceptors (Lipinski definition) is 9. The Labute approximate surface area is 208 Å². The van der Waals surface area contributed by atoms with Gasteiger partial charge >= 0.3 is 5.97 Å². The number of benzene rings is 2. The molecule has 0 bridgehead atoms. The second-order valence-electron chi connectivity index (χ2n) is 8.13. The topological polar surface area (TPSA) is 116 Å². The Kier molecular flexibility index (Phi) is 8.25. The van der Waals surface area contributed by atoms with Crippen molar-refractivity contribution >= 4 is 28.7 Å². The van der Waals surface area contributed by atoms with E-state index in [0.717, 1.165) is 52.8 Å². The molecule has 0 saturated heterocycles. The number of hydrogen-bond donors (Lipinski definition) is 2. The molecule has 0 aliphatic heterocycles. The van der Waals surface area contributed by atoms with Crippen LogP contribution in [-0.4, -0.2) is 41.9 Å². The Hall–Kier alpha value is -4.24. The van der Waals surface area contributed by atoms with Gasteiger partial charge in [-0.1, -0.05) is 48.9 Å². The van der Waals surface area contributed by atoms with E-state index in [1.165, 1.54) is 13.3 Å². The number of unbranched alkanes of at least 4 members (excludes halogenated alkanes) is 2. The van der Waals surface area contributed by atoms with Gasteiger partial charge in [-0.25, -0.2) is 14.8 Å². The summed E-state index contributed by atoms with van der Waals surface area (Å²) in [5.74, 6) is 0.683. The number of fused-ring (bicyclic) bond motifs is 1. The van der Waals surface area contributed by atoms with Gasteiger partial charge < -0.3 is 19.3 Å². The number of hydroxylamine groups is 1.